The third-order valence-corrected chi connectivity index (χ3v) is 7.08. The van der Waals surface area contributed by atoms with Crippen molar-refractivity contribution in [2.75, 3.05) is 18.4 Å². The Morgan fingerprint density at radius 2 is 1.50 bits per heavy atom. The van der Waals surface area contributed by atoms with Crippen LogP contribution >= 0.6 is 12.4 Å². The number of hydrogen-bond acceptors (Lipinski definition) is 5. The van der Waals surface area contributed by atoms with E-state index in [1.807, 2.05) is 52.0 Å². The van der Waals surface area contributed by atoms with Crippen LogP contribution in [0.25, 0.3) is 0 Å². The van der Waals surface area contributed by atoms with Crippen molar-refractivity contribution in [1.82, 2.24) is 9.62 Å². The molecular formula is C22H31ClN4O2S. The molecule has 1 aliphatic rings. The minimum atomic E-state index is -3.50. The first-order chi connectivity index (χ1) is 13.8. The Morgan fingerprint density at radius 1 is 0.967 bits per heavy atom. The molecule has 6 nitrogen and oxygen atoms in total. The van der Waals surface area contributed by atoms with Crippen LogP contribution in [0.5, 0.6) is 0 Å². The van der Waals surface area contributed by atoms with Crippen LogP contribution in [0.1, 0.15) is 38.8 Å². The molecule has 0 aromatic heterocycles. The molecule has 1 aliphatic heterocycles. The maximum atomic E-state index is 13.0. The molecule has 0 aliphatic carbocycles. The van der Waals surface area contributed by atoms with Gasteiger partial charge in [-0.15, -0.1) is 12.4 Å². The molecule has 0 saturated carbocycles. The third-order valence-electron chi connectivity index (χ3n) is 4.82. The van der Waals surface area contributed by atoms with Gasteiger partial charge in [0, 0.05) is 24.3 Å². The first-order valence-corrected chi connectivity index (χ1v) is 11.5. The van der Waals surface area contributed by atoms with Crippen molar-refractivity contribution >= 4 is 34.1 Å². The minimum absolute atomic E-state index is 0. The van der Waals surface area contributed by atoms with Crippen LogP contribution in [0.15, 0.2) is 58.4 Å². The molecule has 0 spiro atoms. The van der Waals surface area contributed by atoms with Crippen LogP contribution in [-0.2, 0) is 16.4 Å². The number of anilines is 1. The highest BCUT2D eigenvalue weighted by molar-refractivity contribution is 7.89. The Balaban J connectivity index is 0.00000320. The Labute approximate surface area is 186 Å². The Kier molecular flexibility index (Phi) is 8.29. The second kappa shape index (κ2) is 10.3. The molecule has 2 N–H and O–H groups in total. The van der Waals surface area contributed by atoms with Crippen molar-refractivity contribution in [1.29, 1.82) is 0 Å². The highest BCUT2D eigenvalue weighted by Crippen LogP contribution is 2.22. The van der Waals surface area contributed by atoms with Gasteiger partial charge in [0.2, 0.25) is 10.0 Å². The van der Waals surface area contributed by atoms with Gasteiger partial charge in [-0.05, 0) is 69.5 Å². The third kappa shape index (κ3) is 5.74. The Bertz CT molecular complexity index is 948. The number of nitrogens with zero attached hydrogens (tertiary/aromatic N) is 2. The largest absolute Gasteiger partial charge is 0.354 e. The molecule has 0 saturated heterocycles. The molecule has 2 aromatic rings. The van der Waals surface area contributed by atoms with Crippen LogP contribution in [0.3, 0.4) is 0 Å². The smallest absolute Gasteiger partial charge is 0.243 e. The fourth-order valence-corrected chi connectivity index (χ4v) is 5.45. The highest BCUT2D eigenvalue weighted by Gasteiger charge is 2.29. The van der Waals surface area contributed by atoms with E-state index in [9.17, 15) is 8.42 Å². The summed E-state index contributed by atoms with van der Waals surface area (Å²) in [7, 11) is -3.50. The lowest BCUT2D eigenvalue weighted by Gasteiger charge is -2.29. The monoisotopic (exact) mass is 450 g/mol. The summed E-state index contributed by atoms with van der Waals surface area (Å²) in [6.07, 6.45) is 0.748. The Hall–Kier alpha value is -2.09. The fraction of sp³-hybridized carbons (Fsp3) is 0.409. The quantitative estimate of drug-likeness (QED) is 0.671. The van der Waals surface area contributed by atoms with Gasteiger partial charge in [0.15, 0.2) is 5.96 Å². The summed E-state index contributed by atoms with van der Waals surface area (Å²) in [6.45, 7) is 9.29. The van der Waals surface area contributed by atoms with Crippen molar-refractivity contribution < 1.29 is 8.42 Å². The molecule has 0 amide bonds. The van der Waals surface area contributed by atoms with E-state index in [4.69, 9.17) is 0 Å². The number of hydrogen-bond donors (Lipinski definition) is 2. The number of nitrogens with one attached hydrogen (secondary N) is 2. The van der Waals surface area contributed by atoms with E-state index >= 15 is 0 Å². The number of sulfonamides is 1. The van der Waals surface area contributed by atoms with Gasteiger partial charge in [0.1, 0.15) is 0 Å². The molecular weight excluding hydrogens is 420 g/mol. The first kappa shape index (κ1) is 24.2. The summed E-state index contributed by atoms with van der Waals surface area (Å²) in [5.74, 6) is 0.811. The van der Waals surface area contributed by atoms with Crippen LogP contribution in [0.4, 0.5) is 5.69 Å². The molecule has 8 heteroatoms. The topological polar surface area (TPSA) is 73.8 Å². The van der Waals surface area contributed by atoms with Gasteiger partial charge in [-0.25, -0.2) is 8.42 Å². The van der Waals surface area contributed by atoms with E-state index in [1.165, 1.54) is 5.56 Å². The summed E-state index contributed by atoms with van der Waals surface area (Å²) in [6, 6.07) is 15.2. The Morgan fingerprint density at radius 3 is 1.97 bits per heavy atom. The molecule has 2 aromatic carbocycles. The number of aliphatic imine (C=N–C) groups is 1. The van der Waals surface area contributed by atoms with Gasteiger partial charge in [-0.2, -0.15) is 4.31 Å². The average Bonchev–Trinajstić information content (AvgIpc) is 3.16. The van der Waals surface area contributed by atoms with Gasteiger partial charge in [0.05, 0.1) is 11.4 Å². The molecule has 1 heterocycles. The molecule has 164 valence electrons. The molecule has 0 atom stereocenters. The predicted octanol–water partition coefficient (Wildman–Crippen LogP) is 3.88. The molecule has 0 fully saturated rings. The molecule has 3 rings (SSSR count). The zero-order valence-corrected chi connectivity index (χ0v) is 19.6. The van der Waals surface area contributed by atoms with E-state index in [2.05, 4.69) is 27.8 Å². The fourth-order valence-electron chi connectivity index (χ4n) is 3.61. The SMILES string of the molecule is CC(C)N(C(C)C)S(=O)(=O)c1ccc(Cc2ccc(NC3=NCCN3)cc2)cc1.Cl. The van der Waals surface area contributed by atoms with Crippen LogP contribution < -0.4 is 10.6 Å². The summed E-state index contributed by atoms with van der Waals surface area (Å²) >= 11 is 0. The summed E-state index contributed by atoms with van der Waals surface area (Å²) in [5.41, 5.74) is 3.23. The number of rotatable bonds is 7. The van der Waals surface area contributed by atoms with Gasteiger partial charge in [-0.3, -0.25) is 4.99 Å². The lowest BCUT2D eigenvalue weighted by molar-refractivity contribution is 0.302. The van der Waals surface area contributed by atoms with Crippen LogP contribution in [0.2, 0.25) is 0 Å². The minimum Gasteiger partial charge on any atom is -0.354 e. The zero-order chi connectivity index (χ0) is 21.0. The predicted molar refractivity (Wildman–Crippen MR) is 126 cm³/mol. The molecule has 0 bridgehead atoms. The number of benzene rings is 2. The average molecular weight is 451 g/mol. The van der Waals surface area contributed by atoms with E-state index in [1.54, 1.807) is 16.4 Å². The normalized spacial score (nSPS) is 13.9. The maximum absolute atomic E-state index is 13.0. The standard InChI is InChI=1S/C22H30N4O2S.ClH/c1-16(2)26(17(3)4)29(27,28)21-11-7-19(8-12-21)15-18-5-9-20(10-6-18)25-22-23-13-14-24-22;/h5-12,16-17H,13-15H2,1-4H3,(H2,23,24,25);1H. The van der Waals surface area contributed by atoms with Gasteiger partial charge in [-0.1, -0.05) is 24.3 Å². The highest BCUT2D eigenvalue weighted by atomic mass is 35.5. The van der Waals surface area contributed by atoms with Gasteiger partial charge >= 0.3 is 0 Å². The van der Waals surface area contributed by atoms with E-state index in [0.717, 1.165) is 36.7 Å². The van der Waals surface area contributed by atoms with E-state index in [0.29, 0.717) is 4.90 Å². The van der Waals surface area contributed by atoms with E-state index < -0.39 is 10.0 Å². The van der Waals surface area contributed by atoms with Crippen molar-refractivity contribution in [3.8, 4) is 0 Å². The second-order valence-corrected chi connectivity index (χ2v) is 9.67. The van der Waals surface area contributed by atoms with Crippen LogP contribution in [-0.4, -0.2) is 43.9 Å². The van der Waals surface area contributed by atoms with Crippen molar-refractivity contribution in [2.24, 2.45) is 4.99 Å². The zero-order valence-electron chi connectivity index (χ0n) is 17.9. The summed E-state index contributed by atoms with van der Waals surface area (Å²) in [4.78, 5) is 4.67. The number of guanidine groups is 1. The lowest BCUT2D eigenvalue weighted by atomic mass is 10.0. The molecule has 0 unspecified atom stereocenters. The second-order valence-electron chi connectivity index (χ2n) is 7.82. The summed E-state index contributed by atoms with van der Waals surface area (Å²) in [5, 5.41) is 6.44. The first-order valence-electron chi connectivity index (χ1n) is 10.0. The molecule has 30 heavy (non-hydrogen) atoms. The van der Waals surface area contributed by atoms with Crippen molar-refractivity contribution in [3.05, 3.63) is 59.7 Å². The van der Waals surface area contributed by atoms with Crippen molar-refractivity contribution in [2.45, 2.75) is 51.1 Å². The van der Waals surface area contributed by atoms with Crippen LogP contribution in [0, 0.1) is 0 Å². The van der Waals surface area contributed by atoms with Gasteiger partial charge in [0.25, 0.3) is 0 Å². The van der Waals surface area contributed by atoms with Gasteiger partial charge < -0.3 is 10.6 Å². The van der Waals surface area contributed by atoms with E-state index in [-0.39, 0.29) is 24.5 Å². The maximum Gasteiger partial charge on any atom is 0.243 e. The van der Waals surface area contributed by atoms with Crippen molar-refractivity contribution in [3.63, 3.8) is 0 Å². The number of halogens is 1. The molecule has 0 radical (unpaired) electrons. The lowest BCUT2D eigenvalue weighted by Crippen LogP contribution is -2.41. The summed E-state index contributed by atoms with van der Waals surface area (Å²) < 4.78 is 27.5.